The molecule has 0 saturated heterocycles. The first kappa shape index (κ1) is 13.5. The number of carbonyl (C=O) groups excluding carboxylic acids is 1. The van der Waals surface area contributed by atoms with Crippen molar-refractivity contribution in [3.63, 3.8) is 0 Å². The summed E-state index contributed by atoms with van der Waals surface area (Å²) in [5, 5.41) is 1.90. The van der Waals surface area contributed by atoms with E-state index >= 15 is 0 Å². The molecule has 5 heteroatoms. The van der Waals surface area contributed by atoms with Crippen molar-refractivity contribution in [2.75, 3.05) is 0 Å². The van der Waals surface area contributed by atoms with Gasteiger partial charge in [-0.25, -0.2) is 0 Å². The van der Waals surface area contributed by atoms with Crippen LogP contribution in [-0.2, 0) is 0 Å². The van der Waals surface area contributed by atoms with Gasteiger partial charge in [0, 0.05) is 19.9 Å². The highest BCUT2D eigenvalue weighted by atomic mass is 79.9. The van der Waals surface area contributed by atoms with Gasteiger partial charge in [0.2, 0.25) is 5.78 Å². The van der Waals surface area contributed by atoms with Gasteiger partial charge < -0.3 is 0 Å². The van der Waals surface area contributed by atoms with Crippen molar-refractivity contribution in [1.82, 2.24) is 0 Å². The fourth-order valence-corrected chi connectivity index (χ4v) is 3.94. The smallest absolute Gasteiger partial charge is 0.205 e. The van der Waals surface area contributed by atoms with Crippen LogP contribution in [0.5, 0.6) is 0 Å². The lowest BCUT2D eigenvalue weighted by Crippen LogP contribution is -2.01. The molecule has 0 N–H and O–H groups in total. The fraction of sp³-hybridized carbons (Fsp3) is 0.0833. The first-order valence-electron chi connectivity index (χ1n) is 4.74. The minimum Gasteiger partial charge on any atom is -0.288 e. The standard InChI is InChI=1S/C12H7Br3OS/c1-6-2-3-8(13)7(4-6)11(16)12-10(15)9(14)5-17-12/h2-5H,1H3. The summed E-state index contributed by atoms with van der Waals surface area (Å²) < 4.78 is 2.56. The molecule has 2 aromatic rings. The molecule has 0 bridgehead atoms. The fourth-order valence-electron chi connectivity index (χ4n) is 1.41. The van der Waals surface area contributed by atoms with Gasteiger partial charge in [0.15, 0.2) is 0 Å². The molecule has 0 aliphatic heterocycles. The molecule has 0 aliphatic rings. The van der Waals surface area contributed by atoms with Crippen LogP contribution in [0, 0.1) is 6.92 Å². The van der Waals surface area contributed by atoms with E-state index in [1.54, 1.807) is 0 Å². The second-order valence-corrected chi connectivity index (χ2v) is 6.92. The predicted octanol–water partition coefficient (Wildman–Crippen LogP) is 5.58. The zero-order valence-corrected chi connectivity index (χ0v) is 14.3. The topological polar surface area (TPSA) is 17.1 Å². The molecule has 1 nitrogen and oxygen atoms in total. The van der Waals surface area contributed by atoms with Crippen LogP contribution >= 0.6 is 59.1 Å². The second-order valence-electron chi connectivity index (χ2n) is 3.54. The average Bonchev–Trinajstić information content (AvgIpc) is 2.62. The molecule has 88 valence electrons. The van der Waals surface area contributed by atoms with Gasteiger partial charge in [-0.2, -0.15) is 0 Å². The van der Waals surface area contributed by atoms with E-state index in [1.807, 2.05) is 30.5 Å². The van der Waals surface area contributed by atoms with Crippen molar-refractivity contribution in [3.05, 3.63) is 53.0 Å². The average molecular weight is 439 g/mol. The second kappa shape index (κ2) is 5.34. The maximum atomic E-state index is 12.4. The molecule has 1 heterocycles. The highest BCUT2D eigenvalue weighted by Gasteiger charge is 2.18. The molecule has 0 aliphatic carbocycles. The number of ketones is 1. The van der Waals surface area contributed by atoms with Gasteiger partial charge in [0.1, 0.15) is 0 Å². The number of carbonyl (C=O) groups is 1. The Morgan fingerprint density at radius 2 is 1.88 bits per heavy atom. The summed E-state index contributed by atoms with van der Waals surface area (Å²) >= 11 is 11.7. The van der Waals surface area contributed by atoms with Gasteiger partial charge in [0.25, 0.3) is 0 Å². The van der Waals surface area contributed by atoms with Crippen LogP contribution in [0.2, 0.25) is 0 Å². The van der Waals surface area contributed by atoms with Crippen LogP contribution in [0.25, 0.3) is 0 Å². The lowest BCUT2D eigenvalue weighted by Gasteiger charge is -2.04. The number of rotatable bonds is 2. The van der Waals surface area contributed by atoms with Crippen molar-refractivity contribution in [2.45, 2.75) is 6.92 Å². The largest absolute Gasteiger partial charge is 0.288 e. The summed E-state index contributed by atoms with van der Waals surface area (Å²) in [4.78, 5) is 13.1. The molecule has 0 fully saturated rings. The molecule has 0 atom stereocenters. The monoisotopic (exact) mass is 436 g/mol. The Balaban J connectivity index is 2.51. The van der Waals surface area contributed by atoms with Crippen LogP contribution < -0.4 is 0 Å². The third kappa shape index (κ3) is 2.72. The molecule has 0 radical (unpaired) electrons. The number of halogens is 3. The van der Waals surface area contributed by atoms with Crippen molar-refractivity contribution in [1.29, 1.82) is 0 Å². The van der Waals surface area contributed by atoms with Crippen molar-refractivity contribution in [3.8, 4) is 0 Å². The van der Waals surface area contributed by atoms with Gasteiger partial charge in [-0.1, -0.05) is 27.6 Å². The number of aryl methyl sites for hydroxylation is 1. The summed E-state index contributed by atoms with van der Waals surface area (Å²) in [5.41, 5.74) is 1.77. The molecular formula is C12H7Br3OS. The molecule has 17 heavy (non-hydrogen) atoms. The van der Waals surface area contributed by atoms with Crippen molar-refractivity contribution in [2.24, 2.45) is 0 Å². The first-order chi connectivity index (χ1) is 8.00. The Morgan fingerprint density at radius 1 is 1.18 bits per heavy atom. The quantitative estimate of drug-likeness (QED) is 0.560. The summed E-state index contributed by atoms with van der Waals surface area (Å²) in [6.07, 6.45) is 0. The van der Waals surface area contributed by atoms with Gasteiger partial charge in [0.05, 0.1) is 9.35 Å². The summed E-state index contributed by atoms with van der Waals surface area (Å²) in [7, 11) is 0. The SMILES string of the molecule is Cc1ccc(Br)c(C(=O)c2scc(Br)c2Br)c1. The predicted molar refractivity (Wildman–Crippen MR) is 82.0 cm³/mol. The minimum absolute atomic E-state index is 0.0307. The molecule has 2 rings (SSSR count). The Labute approximate surface area is 129 Å². The van der Waals surface area contributed by atoms with E-state index in [9.17, 15) is 4.79 Å². The maximum absolute atomic E-state index is 12.4. The van der Waals surface area contributed by atoms with Crippen LogP contribution in [0.3, 0.4) is 0 Å². The third-order valence-corrected chi connectivity index (χ3v) is 6.48. The first-order valence-corrected chi connectivity index (χ1v) is 8.00. The minimum atomic E-state index is 0.0307. The lowest BCUT2D eigenvalue weighted by atomic mass is 10.1. The van der Waals surface area contributed by atoms with E-state index in [0.29, 0.717) is 10.4 Å². The normalized spacial score (nSPS) is 10.6. The van der Waals surface area contributed by atoms with Crippen LogP contribution in [-0.4, -0.2) is 5.78 Å². The van der Waals surface area contributed by atoms with Gasteiger partial charge in [-0.05, 0) is 50.9 Å². The number of hydrogen-bond donors (Lipinski definition) is 0. The molecule has 0 unspecified atom stereocenters. The van der Waals surface area contributed by atoms with E-state index in [-0.39, 0.29) is 5.78 Å². The summed E-state index contributed by atoms with van der Waals surface area (Å²) in [6.45, 7) is 1.97. The Morgan fingerprint density at radius 3 is 2.47 bits per heavy atom. The van der Waals surface area contributed by atoms with Gasteiger partial charge in [-0.3, -0.25) is 4.79 Å². The van der Waals surface area contributed by atoms with E-state index < -0.39 is 0 Å². The Hall–Kier alpha value is 0.0300. The van der Waals surface area contributed by atoms with E-state index in [1.165, 1.54) is 11.3 Å². The molecule has 0 spiro atoms. The zero-order valence-electron chi connectivity index (χ0n) is 8.76. The number of benzene rings is 1. The van der Waals surface area contributed by atoms with Crippen molar-refractivity contribution < 1.29 is 4.79 Å². The lowest BCUT2D eigenvalue weighted by molar-refractivity contribution is 0.104. The van der Waals surface area contributed by atoms with Gasteiger partial charge >= 0.3 is 0 Å². The number of thiophene rings is 1. The number of hydrogen-bond acceptors (Lipinski definition) is 2. The Kier molecular flexibility index (Phi) is 4.23. The molecule has 1 aromatic carbocycles. The van der Waals surface area contributed by atoms with E-state index in [4.69, 9.17) is 0 Å². The molecular weight excluding hydrogens is 432 g/mol. The Bertz CT molecular complexity index is 589. The van der Waals surface area contributed by atoms with E-state index in [2.05, 4.69) is 47.8 Å². The summed E-state index contributed by atoms with van der Waals surface area (Å²) in [6, 6.07) is 5.77. The molecule has 0 amide bonds. The van der Waals surface area contributed by atoms with Crippen LogP contribution in [0.15, 0.2) is 37.0 Å². The van der Waals surface area contributed by atoms with Crippen molar-refractivity contribution >= 4 is 64.9 Å². The highest BCUT2D eigenvalue weighted by Crippen LogP contribution is 2.35. The molecule has 0 saturated carbocycles. The van der Waals surface area contributed by atoms with E-state index in [0.717, 1.165) is 19.0 Å². The molecule has 1 aromatic heterocycles. The van der Waals surface area contributed by atoms with Gasteiger partial charge in [-0.15, -0.1) is 11.3 Å². The maximum Gasteiger partial charge on any atom is 0.205 e. The zero-order chi connectivity index (χ0) is 12.6. The summed E-state index contributed by atoms with van der Waals surface area (Å²) in [5.74, 6) is 0.0307. The van der Waals surface area contributed by atoms with Crippen LogP contribution in [0.1, 0.15) is 20.8 Å². The van der Waals surface area contributed by atoms with Crippen LogP contribution in [0.4, 0.5) is 0 Å². The highest BCUT2D eigenvalue weighted by molar-refractivity contribution is 9.13. The third-order valence-electron chi connectivity index (χ3n) is 2.26.